The first-order valence-electron chi connectivity index (χ1n) is 6.74. The quantitative estimate of drug-likeness (QED) is 0.688. The summed E-state index contributed by atoms with van der Waals surface area (Å²) in [5.74, 6) is -0.494. The number of ether oxygens (including phenoxy) is 1. The lowest BCUT2D eigenvalue weighted by molar-refractivity contribution is 0.0413. The molecule has 1 aromatic heterocycles. The van der Waals surface area contributed by atoms with E-state index in [1.165, 1.54) is 5.56 Å². The number of rotatable bonds is 0. The Kier molecular flexibility index (Phi) is 2.19. The molecule has 4 heteroatoms. The van der Waals surface area contributed by atoms with Crippen molar-refractivity contribution in [2.24, 2.45) is 0 Å². The number of nitrogens with zero attached hydrogens (tertiary/aromatic N) is 1. The van der Waals surface area contributed by atoms with Crippen LogP contribution in [0.3, 0.4) is 0 Å². The maximum absolute atomic E-state index is 12.2. The third kappa shape index (κ3) is 1.36. The fourth-order valence-electron chi connectivity index (χ4n) is 3.25. The molecule has 2 aromatic rings. The van der Waals surface area contributed by atoms with Crippen LogP contribution < -0.4 is 5.43 Å². The second-order valence-electron chi connectivity index (χ2n) is 5.26. The maximum atomic E-state index is 12.2. The largest absolute Gasteiger partial charge is 0.452 e. The number of benzene rings is 1. The first kappa shape index (κ1) is 11.5. The zero-order valence-electron chi connectivity index (χ0n) is 11.1. The molecule has 0 unspecified atom stereocenters. The van der Waals surface area contributed by atoms with Gasteiger partial charge in [-0.3, -0.25) is 4.79 Å². The normalized spacial score (nSPS) is 19.1. The molecule has 0 fully saturated rings. The van der Waals surface area contributed by atoms with Gasteiger partial charge in [-0.25, -0.2) is 4.79 Å². The molecule has 0 aliphatic carbocycles. The molecule has 2 aliphatic rings. The van der Waals surface area contributed by atoms with E-state index in [1.807, 2.05) is 25.1 Å². The summed E-state index contributed by atoms with van der Waals surface area (Å²) in [6.07, 6.45) is 0.551. The van der Waals surface area contributed by atoms with Gasteiger partial charge in [-0.1, -0.05) is 24.3 Å². The summed E-state index contributed by atoms with van der Waals surface area (Å²) < 4.78 is 7.27. The summed E-state index contributed by atoms with van der Waals surface area (Å²) in [4.78, 5) is 24.0. The van der Waals surface area contributed by atoms with Crippen molar-refractivity contribution in [3.05, 3.63) is 57.4 Å². The Morgan fingerprint density at radius 1 is 1.25 bits per heavy atom. The molecule has 0 bridgehead atoms. The molecule has 1 atom stereocenters. The number of hydrogen-bond acceptors (Lipinski definition) is 3. The van der Waals surface area contributed by atoms with Crippen molar-refractivity contribution in [2.75, 3.05) is 0 Å². The molecule has 0 radical (unpaired) electrons. The van der Waals surface area contributed by atoms with Crippen molar-refractivity contribution in [2.45, 2.75) is 26.0 Å². The van der Waals surface area contributed by atoms with E-state index in [1.54, 1.807) is 6.07 Å². The minimum absolute atomic E-state index is 0.209. The molecule has 0 saturated heterocycles. The van der Waals surface area contributed by atoms with Crippen LogP contribution >= 0.6 is 0 Å². The van der Waals surface area contributed by atoms with Gasteiger partial charge in [0.1, 0.15) is 11.7 Å². The van der Waals surface area contributed by atoms with Crippen molar-refractivity contribution < 1.29 is 9.53 Å². The summed E-state index contributed by atoms with van der Waals surface area (Å²) >= 11 is 0. The Morgan fingerprint density at radius 3 is 2.90 bits per heavy atom. The minimum Gasteiger partial charge on any atom is -0.452 e. The summed E-state index contributed by atoms with van der Waals surface area (Å²) in [6, 6.07) is 9.65. The highest BCUT2D eigenvalue weighted by atomic mass is 16.5. The van der Waals surface area contributed by atoms with Gasteiger partial charge >= 0.3 is 5.97 Å². The SMILES string of the molecule is C[C@@H]1OC(=O)c2c1n1c(cc2=O)-c2ccccc2CC1. The molecular weight excluding hydrogens is 254 g/mol. The molecule has 20 heavy (non-hydrogen) atoms. The number of hydrogen-bond donors (Lipinski definition) is 0. The average Bonchev–Trinajstić information content (AvgIpc) is 2.75. The van der Waals surface area contributed by atoms with Gasteiger partial charge in [0, 0.05) is 18.2 Å². The first-order chi connectivity index (χ1) is 9.66. The number of carbonyl (C=O) groups excluding carboxylic acids is 1. The molecule has 4 nitrogen and oxygen atoms in total. The van der Waals surface area contributed by atoms with Gasteiger partial charge in [0.15, 0.2) is 5.43 Å². The van der Waals surface area contributed by atoms with Crippen LogP contribution in [0.4, 0.5) is 0 Å². The van der Waals surface area contributed by atoms with E-state index < -0.39 is 5.97 Å². The van der Waals surface area contributed by atoms with Crippen LogP contribution in [-0.4, -0.2) is 10.5 Å². The average molecular weight is 267 g/mol. The van der Waals surface area contributed by atoms with Crippen LogP contribution in [0.1, 0.15) is 34.6 Å². The van der Waals surface area contributed by atoms with Crippen molar-refractivity contribution in [3.63, 3.8) is 0 Å². The van der Waals surface area contributed by atoms with Crippen LogP contribution in [0, 0.1) is 0 Å². The predicted octanol–water partition coefficient (Wildman–Crippen LogP) is 2.30. The van der Waals surface area contributed by atoms with Crippen LogP contribution in [0.25, 0.3) is 11.3 Å². The topological polar surface area (TPSA) is 48.3 Å². The summed E-state index contributed by atoms with van der Waals surface area (Å²) in [6.45, 7) is 2.59. The molecule has 0 spiro atoms. The summed E-state index contributed by atoms with van der Waals surface area (Å²) in [5, 5.41) is 0. The Morgan fingerprint density at radius 2 is 2.05 bits per heavy atom. The number of cyclic esters (lactones) is 1. The number of pyridine rings is 1. The number of aryl methyl sites for hydroxylation is 1. The Bertz CT molecular complexity index is 804. The number of aromatic nitrogens is 1. The van der Waals surface area contributed by atoms with Gasteiger partial charge in [-0.05, 0) is 18.9 Å². The highest BCUT2D eigenvalue weighted by molar-refractivity contribution is 5.94. The van der Waals surface area contributed by atoms with Gasteiger partial charge in [0.2, 0.25) is 0 Å². The second-order valence-corrected chi connectivity index (χ2v) is 5.26. The molecule has 0 amide bonds. The van der Waals surface area contributed by atoms with E-state index in [9.17, 15) is 9.59 Å². The van der Waals surface area contributed by atoms with E-state index in [0.29, 0.717) is 0 Å². The fourth-order valence-corrected chi connectivity index (χ4v) is 3.25. The van der Waals surface area contributed by atoms with Gasteiger partial charge in [-0.15, -0.1) is 0 Å². The summed E-state index contributed by atoms with van der Waals surface area (Å²) in [7, 11) is 0. The Balaban J connectivity index is 2.09. The highest BCUT2D eigenvalue weighted by Gasteiger charge is 2.35. The monoisotopic (exact) mass is 267 g/mol. The van der Waals surface area contributed by atoms with E-state index in [-0.39, 0.29) is 17.1 Å². The van der Waals surface area contributed by atoms with Crippen molar-refractivity contribution in [1.82, 2.24) is 4.57 Å². The number of esters is 1. The summed E-state index contributed by atoms with van der Waals surface area (Å²) in [5.41, 5.74) is 3.90. The lowest BCUT2D eigenvalue weighted by atomic mass is 9.95. The molecule has 2 aliphatic heterocycles. The highest BCUT2D eigenvalue weighted by Crippen LogP contribution is 2.35. The van der Waals surface area contributed by atoms with E-state index in [4.69, 9.17) is 4.74 Å². The standard InChI is InChI=1S/C16H13NO3/c1-9-15-14(16(19)20-9)13(18)8-12-11-5-3-2-4-10(11)6-7-17(12)15/h2-5,8-9H,6-7H2,1H3/t9-/m0/s1. The third-order valence-corrected chi connectivity index (χ3v) is 4.12. The minimum atomic E-state index is -0.494. The molecule has 0 saturated carbocycles. The van der Waals surface area contributed by atoms with Crippen LogP contribution in [0.5, 0.6) is 0 Å². The molecule has 1 aromatic carbocycles. The molecule has 100 valence electrons. The molecule has 4 rings (SSSR count). The Labute approximate surface area is 115 Å². The second kappa shape index (κ2) is 3.82. The fraction of sp³-hybridized carbons (Fsp3) is 0.250. The zero-order chi connectivity index (χ0) is 13.9. The van der Waals surface area contributed by atoms with E-state index in [0.717, 1.165) is 29.9 Å². The van der Waals surface area contributed by atoms with Crippen molar-refractivity contribution in [3.8, 4) is 11.3 Å². The van der Waals surface area contributed by atoms with Crippen molar-refractivity contribution in [1.29, 1.82) is 0 Å². The van der Waals surface area contributed by atoms with E-state index >= 15 is 0 Å². The molecule has 3 heterocycles. The smallest absolute Gasteiger partial charge is 0.344 e. The van der Waals surface area contributed by atoms with Crippen LogP contribution in [-0.2, 0) is 17.7 Å². The predicted molar refractivity (Wildman–Crippen MR) is 73.7 cm³/mol. The van der Waals surface area contributed by atoms with Gasteiger partial charge in [0.05, 0.1) is 11.4 Å². The lowest BCUT2D eigenvalue weighted by Gasteiger charge is -2.25. The van der Waals surface area contributed by atoms with E-state index in [2.05, 4.69) is 10.6 Å². The first-order valence-corrected chi connectivity index (χ1v) is 6.74. The van der Waals surface area contributed by atoms with Gasteiger partial charge < -0.3 is 9.30 Å². The third-order valence-electron chi connectivity index (χ3n) is 4.12. The number of fused-ring (bicyclic) bond motifs is 5. The number of carbonyl (C=O) groups is 1. The van der Waals surface area contributed by atoms with Crippen molar-refractivity contribution >= 4 is 5.97 Å². The maximum Gasteiger partial charge on any atom is 0.344 e. The molecular formula is C16H13NO3. The van der Waals surface area contributed by atoms with Crippen LogP contribution in [0.15, 0.2) is 35.1 Å². The van der Waals surface area contributed by atoms with Crippen LogP contribution in [0.2, 0.25) is 0 Å². The molecule has 0 N–H and O–H groups in total. The zero-order valence-corrected chi connectivity index (χ0v) is 11.1. The lowest BCUT2D eigenvalue weighted by Crippen LogP contribution is -2.23. The van der Waals surface area contributed by atoms with Gasteiger partial charge in [-0.2, -0.15) is 0 Å². The van der Waals surface area contributed by atoms with Gasteiger partial charge in [0.25, 0.3) is 0 Å². The Hall–Kier alpha value is -2.36.